The Morgan fingerprint density at radius 1 is 1.32 bits per heavy atom. The molecule has 0 aliphatic heterocycles. The Kier molecular flexibility index (Phi) is 5.92. The molecule has 164 valence electrons. The zero-order valence-electron chi connectivity index (χ0n) is 18.0. The van der Waals surface area contributed by atoms with Crippen LogP contribution in [0, 0.1) is 11.3 Å². The van der Waals surface area contributed by atoms with Gasteiger partial charge in [0.15, 0.2) is 0 Å². The van der Waals surface area contributed by atoms with Crippen LogP contribution in [0.4, 0.5) is 5.69 Å². The average Bonchev–Trinajstić information content (AvgIpc) is 3.08. The molecular weight excluding hydrogens is 453 g/mol. The van der Waals surface area contributed by atoms with Gasteiger partial charge in [0.2, 0.25) is 5.91 Å². The molecule has 1 aliphatic rings. The molecule has 2 aromatic heterocycles. The standard InChI is InChI=1S/C23H25Cl2N3O2S/c1-12(20(29)27-17-10-14(24)6-8-16(17)25)28-11-26-21-19(22(28)30)15-7-5-13(23(2,3)4)9-18(15)31-21/h6,8,10-13H,5,7,9H2,1-4H3,(H,27,29). The highest BCUT2D eigenvalue weighted by atomic mass is 35.5. The molecular formula is C23H25Cl2N3O2S. The predicted molar refractivity (Wildman–Crippen MR) is 129 cm³/mol. The fourth-order valence-electron chi connectivity index (χ4n) is 4.15. The van der Waals surface area contributed by atoms with Gasteiger partial charge in [0, 0.05) is 9.90 Å². The highest BCUT2D eigenvalue weighted by molar-refractivity contribution is 7.18. The van der Waals surface area contributed by atoms with Crippen LogP contribution in [0.15, 0.2) is 29.3 Å². The maximum absolute atomic E-state index is 13.4. The molecule has 0 saturated heterocycles. The van der Waals surface area contributed by atoms with Gasteiger partial charge < -0.3 is 5.32 Å². The van der Waals surface area contributed by atoms with Crippen LogP contribution in [0.3, 0.4) is 0 Å². The first-order chi connectivity index (χ1) is 14.6. The summed E-state index contributed by atoms with van der Waals surface area (Å²) in [6.45, 7) is 8.49. The normalized spacial score (nSPS) is 17.4. The first-order valence-corrected chi connectivity index (χ1v) is 11.9. The van der Waals surface area contributed by atoms with Crippen LogP contribution < -0.4 is 10.9 Å². The Bertz CT molecular complexity index is 1230. The Hall–Kier alpha value is -1.89. The Morgan fingerprint density at radius 3 is 2.77 bits per heavy atom. The number of amides is 1. The van der Waals surface area contributed by atoms with Crippen LogP contribution in [0.5, 0.6) is 0 Å². The van der Waals surface area contributed by atoms with Gasteiger partial charge in [-0.15, -0.1) is 11.3 Å². The first kappa shape index (κ1) is 22.3. The molecule has 8 heteroatoms. The third-order valence-corrected chi connectivity index (χ3v) is 7.93. The van der Waals surface area contributed by atoms with Crippen LogP contribution in [0.2, 0.25) is 10.0 Å². The van der Waals surface area contributed by atoms with E-state index in [0.717, 1.165) is 29.7 Å². The summed E-state index contributed by atoms with van der Waals surface area (Å²) in [6, 6.07) is 4.10. The van der Waals surface area contributed by atoms with Crippen molar-refractivity contribution in [2.75, 3.05) is 5.32 Å². The van der Waals surface area contributed by atoms with E-state index >= 15 is 0 Å². The molecule has 31 heavy (non-hydrogen) atoms. The second kappa shape index (κ2) is 8.23. The topological polar surface area (TPSA) is 64.0 Å². The minimum absolute atomic E-state index is 0.170. The van der Waals surface area contributed by atoms with Crippen molar-refractivity contribution in [2.45, 2.75) is 53.0 Å². The summed E-state index contributed by atoms with van der Waals surface area (Å²) in [4.78, 5) is 32.8. The van der Waals surface area contributed by atoms with E-state index in [-0.39, 0.29) is 16.9 Å². The molecule has 2 heterocycles. The Morgan fingerprint density at radius 2 is 2.06 bits per heavy atom. The van der Waals surface area contributed by atoms with Crippen molar-refractivity contribution in [1.82, 2.24) is 9.55 Å². The SMILES string of the molecule is CC(C(=O)Nc1cc(Cl)ccc1Cl)n1cnc2sc3c(c2c1=O)CCC(C(C)(C)C)C3. The molecule has 5 nitrogen and oxygen atoms in total. The number of carbonyl (C=O) groups is 1. The summed E-state index contributed by atoms with van der Waals surface area (Å²) < 4.78 is 1.40. The van der Waals surface area contributed by atoms with Gasteiger partial charge in [-0.05, 0) is 61.3 Å². The van der Waals surface area contributed by atoms with Gasteiger partial charge in [0.1, 0.15) is 10.9 Å². The average molecular weight is 478 g/mol. The van der Waals surface area contributed by atoms with Gasteiger partial charge in [-0.25, -0.2) is 4.98 Å². The second-order valence-corrected chi connectivity index (χ2v) is 11.2. The summed E-state index contributed by atoms with van der Waals surface area (Å²) in [5.74, 6) is 0.228. The molecule has 4 rings (SSSR count). The molecule has 1 N–H and O–H groups in total. The fourth-order valence-corrected chi connectivity index (χ4v) is 5.75. The number of anilines is 1. The Balaban J connectivity index is 1.66. The van der Waals surface area contributed by atoms with Crippen molar-refractivity contribution in [2.24, 2.45) is 11.3 Å². The number of aryl methyl sites for hydroxylation is 1. The van der Waals surface area contributed by atoms with E-state index in [4.69, 9.17) is 23.2 Å². The molecule has 0 spiro atoms. The zero-order chi connectivity index (χ0) is 22.5. The largest absolute Gasteiger partial charge is 0.323 e. The van der Waals surface area contributed by atoms with Crippen molar-refractivity contribution >= 4 is 56.3 Å². The molecule has 0 radical (unpaired) electrons. The monoisotopic (exact) mass is 477 g/mol. The maximum Gasteiger partial charge on any atom is 0.263 e. The molecule has 3 aromatic rings. The third-order valence-electron chi connectivity index (χ3n) is 6.20. The van der Waals surface area contributed by atoms with Crippen molar-refractivity contribution < 1.29 is 4.79 Å². The number of halogens is 2. The second-order valence-electron chi connectivity index (χ2n) is 9.24. The van der Waals surface area contributed by atoms with Crippen LogP contribution in [-0.4, -0.2) is 15.5 Å². The fraction of sp³-hybridized carbons (Fsp3) is 0.435. The molecule has 1 aliphatic carbocycles. The quantitative estimate of drug-likeness (QED) is 0.494. The molecule has 0 fully saturated rings. The Labute approximate surface area is 195 Å². The molecule has 1 aromatic carbocycles. The van der Waals surface area contributed by atoms with Crippen molar-refractivity contribution in [1.29, 1.82) is 0 Å². The summed E-state index contributed by atoms with van der Waals surface area (Å²) in [5.41, 5.74) is 1.58. The number of nitrogens with zero attached hydrogens (tertiary/aromatic N) is 2. The van der Waals surface area contributed by atoms with Gasteiger partial charge in [0.05, 0.1) is 22.4 Å². The molecule has 1 amide bonds. The van der Waals surface area contributed by atoms with Crippen molar-refractivity contribution in [3.05, 3.63) is 55.4 Å². The van der Waals surface area contributed by atoms with Crippen molar-refractivity contribution in [3.8, 4) is 0 Å². The lowest BCUT2D eigenvalue weighted by Crippen LogP contribution is -2.32. The summed E-state index contributed by atoms with van der Waals surface area (Å²) in [7, 11) is 0. The maximum atomic E-state index is 13.4. The van der Waals surface area contributed by atoms with E-state index in [1.807, 2.05) is 0 Å². The van der Waals surface area contributed by atoms with Gasteiger partial charge in [-0.3, -0.25) is 14.2 Å². The number of hydrogen-bond acceptors (Lipinski definition) is 4. The van der Waals surface area contributed by atoms with Crippen LogP contribution in [0.1, 0.15) is 50.6 Å². The van der Waals surface area contributed by atoms with E-state index < -0.39 is 6.04 Å². The molecule has 0 bridgehead atoms. The minimum atomic E-state index is -0.749. The highest BCUT2D eigenvalue weighted by Crippen LogP contribution is 2.42. The highest BCUT2D eigenvalue weighted by Gasteiger charge is 2.32. The van der Waals surface area contributed by atoms with Crippen LogP contribution in [0.25, 0.3) is 10.2 Å². The van der Waals surface area contributed by atoms with Crippen LogP contribution in [-0.2, 0) is 17.6 Å². The van der Waals surface area contributed by atoms with Crippen molar-refractivity contribution in [3.63, 3.8) is 0 Å². The predicted octanol–water partition coefficient (Wildman–Crippen LogP) is 6.12. The number of hydrogen-bond donors (Lipinski definition) is 1. The van der Waals surface area contributed by atoms with E-state index in [9.17, 15) is 9.59 Å². The minimum Gasteiger partial charge on any atom is -0.323 e. The number of carbonyl (C=O) groups excluding carboxylic acids is 1. The van der Waals surface area contributed by atoms with E-state index in [1.54, 1.807) is 36.5 Å². The number of nitrogens with one attached hydrogen (secondary N) is 1. The number of fused-ring (bicyclic) bond motifs is 3. The molecule has 2 atom stereocenters. The summed E-state index contributed by atoms with van der Waals surface area (Å²) >= 11 is 13.8. The van der Waals surface area contributed by atoms with E-state index in [0.29, 0.717) is 27.0 Å². The molecule has 0 saturated carbocycles. The lowest BCUT2D eigenvalue weighted by molar-refractivity contribution is -0.118. The summed E-state index contributed by atoms with van der Waals surface area (Å²) in [5, 5.41) is 4.27. The van der Waals surface area contributed by atoms with Crippen LogP contribution >= 0.6 is 34.5 Å². The number of aromatic nitrogens is 2. The van der Waals surface area contributed by atoms with E-state index in [1.165, 1.54) is 15.8 Å². The van der Waals surface area contributed by atoms with Gasteiger partial charge >= 0.3 is 0 Å². The third kappa shape index (κ3) is 4.26. The smallest absolute Gasteiger partial charge is 0.263 e. The lowest BCUT2D eigenvalue weighted by atomic mass is 9.72. The van der Waals surface area contributed by atoms with Gasteiger partial charge in [-0.2, -0.15) is 0 Å². The number of thiophene rings is 1. The first-order valence-electron chi connectivity index (χ1n) is 10.3. The van der Waals surface area contributed by atoms with Gasteiger partial charge in [0.25, 0.3) is 5.56 Å². The number of rotatable bonds is 3. The lowest BCUT2D eigenvalue weighted by Gasteiger charge is -2.33. The van der Waals surface area contributed by atoms with E-state index in [2.05, 4.69) is 31.1 Å². The van der Waals surface area contributed by atoms with Gasteiger partial charge in [-0.1, -0.05) is 44.0 Å². The zero-order valence-corrected chi connectivity index (χ0v) is 20.3. The molecule has 2 unspecified atom stereocenters. The number of benzene rings is 1. The summed E-state index contributed by atoms with van der Waals surface area (Å²) in [6.07, 6.45) is 4.37.